The van der Waals surface area contributed by atoms with Crippen LogP contribution in [0.3, 0.4) is 0 Å². The molecule has 0 unspecified atom stereocenters. The molecule has 1 aliphatic heterocycles. The number of ether oxygens (including phenoxy) is 1. The third-order valence-electron chi connectivity index (χ3n) is 3.91. The molecule has 0 bridgehead atoms. The fraction of sp³-hybridized carbons (Fsp3) is 0.714. The second kappa shape index (κ2) is 5.82. The van der Waals surface area contributed by atoms with E-state index in [0.717, 1.165) is 12.0 Å². The van der Waals surface area contributed by atoms with Crippen molar-refractivity contribution < 1.29 is 18.3 Å². The van der Waals surface area contributed by atoms with Crippen LogP contribution in [0.1, 0.15) is 34.1 Å². The van der Waals surface area contributed by atoms with Crippen LogP contribution in [-0.4, -0.2) is 19.3 Å². The average molecular weight is 286 g/mol. The minimum Gasteiger partial charge on any atom is -0.478 e. The van der Waals surface area contributed by atoms with Crippen LogP contribution in [0.5, 0.6) is 0 Å². The minimum absolute atomic E-state index is 0.00272. The van der Waals surface area contributed by atoms with Crippen molar-refractivity contribution in [1.82, 2.24) is 0 Å². The molecule has 0 N–H and O–H groups in total. The van der Waals surface area contributed by atoms with Crippen molar-refractivity contribution in [1.29, 1.82) is 0 Å². The lowest BCUT2D eigenvalue weighted by Gasteiger charge is -2.36. The number of hydrogen-bond acceptors (Lipinski definition) is 4. The van der Waals surface area contributed by atoms with Crippen molar-refractivity contribution in [2.24, 2.45) is 11.8 Å². The Bertz CT molecular complexity index is 431. The average Bonchev–Trinajstić information content (AvgIpc) is 2.82. The Balaban J connectivity index is 2.35. The molecule has 0 saturated carbocycles. The van der Waals surface area contributed by atoms with E-state index in [0.29, 0.717) is 30.5 Å². The van der Waals surface area contributed by atoms with Crippen LogP contribution in [0.15, 0.2) is 23.2 Å². The summed E-state index contributed by atoms with van der Waals surface area (Å²) in [6.45, 7) is 8.44. The van der Waals surface area contributed by atoms with Gasteiger partial charge in [0.05, 0.1) is 13.2 Å². The van der Waals surface area contributed by atoms with Gasteiger partial charge in [-0.25, -0.2) is 0 Å². The van der Waals surface area contributed by atoms with E-state index in [2.05, 4.69) is 19.1 Å². The van der Waals surface area contributed by atoms with Crippen molar-refractivity contribution in [3.63, 3.8) is 0 Å². The van der Waals surface area contributed by atoms with Gasteiger partial charge < -0.3 is 13.8 Å². The predicted molar refractivity (Wildman–Crippen MR) is 74.8 cm³/mol. The smallest absolute Gasteiger partial charge is 0.395 e. The Morgan fingerprint density at radius 1 is 1.37 bits per heavy atom. The summed E-state index contributed by atoms with van der Waals surface area (Å²) in [7, 11) is -3.31. The fourth-order valence-corrected chi connectivity index (χ4v) is 4.65. The quantitative estimate of drug-likeness (QED) is 0.564. The van der Waals surface area contributed by atoms with E-state index in [4.69, 9.17) is 13.8 Å². The molecule has 0 radical (unpaired) electrons. The fourth-order valence-electron chi connectivity index (χ4n) is 2.77. The van der Waals surface area contributed by atoms with Crippen LogP contribution in [0, 0.1) is 11.8 Å². The summed E-state index contributed by atoms with van der Waals surface area (Å²) in [6, 6.07) is 0. The van der Waals surface area contributed by atoms with E-state index in [1.165, 1.54) is 0 Å². The van der Waals surface area contributed by atoms with Crippen molar-refractivity contribution in [2.45, 2.75) is 40.2 Å². The van der Waals surface area contributed by atoms with E-state index in [-0.39, 0.29) is 6.10 Å². The molecule has 5 heteroatoms. The monoisotopic (exact) mass is 286 g/mol. The van der Waals surface area contributed by atoms with Crippen LogP contribution in [0.2, 0.25) is 0 Å². The largest absolute Gasteiger partial charge is 0.478 e. The summed E-state index contributed by atoms with van der Waals surface area (Å²) in [5.41, 5.74) is 1.42. The number of fused-ring (bicyclic) bond motifs is 1. The van der Waals surface area contributed by atoms with E-state index in [9.17, 15) is 4.57 Å². The zero-order chi connectivity index (χ0) is 14.0. The van der Waals surface area contributed by atoms with E-state index in [1.807, 2.05) is 20.8 Å². The van der Waals surface area contributed by atoms with Crippen molar-refractivity contribution in [2.75, 3.05) is 13.2 Å². The first-order valence-corrected chi connectivity index (χ1v) is 8.51. The zero-order valence-corrected chi connectivity index (χ0v) is 13.0. The van der Waals surface area contributed by atoms with Gasteiger partial charge >= 0.3 is 7.60 Å². The maximum Gasteiger partial charge on any atom is 0.395 e. The first-order valence-electron chi connectivity index (χ1n) is 6.97. The second-order valence-electron chi connectivity index (χ2n) is 5.02. The number of hydrogen-bond donors (Lipinski definition) is 0. The molecule has 1 heterocycles. The normalized spacial score (nSPS) is 30.4. The van der Waals surface area contributed by atoms with Gasteiger partial charge in [0.2, 0.25) is 5.50 Å². The number of allylic oxidation sites excluding steroid dienone is 2. The Kier molecular flexibility index (Phi) is 4.54. The molecule has 19 heavy (non-hydrogen) atoms. The third-order valence-corrected chi connectivity index (χ3v) is 6.06. The highest BCUT2D eigenvalue weighted by molar-refractivity contribution is 7.58. The van der Waals surface area contributed by atoms with Crippen LogP contribution in [0.25, 0.3) is 0 Å². The molecular weight excluding hydrogens is 263 g/mol. The maximum atomic E-state index is 12.9. The molecule has 0 saturated heterocycles. The van der Waals surface area contributed by atoms with Gasteiger partial charge in [-0.15, -0.1) is 0 Å². The zero-order valence-electron chi connectivity index (χ0n) is 12.1. The summed E-state index contributed by atoms with van der Waals surface area (Å²) in [4.78, 5) is 0. The van der Waals surface area contributed by atoms with Gasteiger partial charge in [-0.2, -0.15) is 0 Å². The number of rotatable bonds is 5. The highest BCUT2D eigenvalue weighted by atomic mass is 31.2. The molecule has 0 amide bonds. The summed E-state index contributed by atoms with van der Waals surface area (Å²) < 4.78 is 29.6. The highest BCUT2D eigenvalue weighted by Gasteiger charge is 2.44. The lowest BCUT2D eigenvalue weighted by Crippen LogP contribution is -2.31. The van der Waals surface area contributed by atoms with Crippen LogP contribution in [-0.2, 0) is 18.3 Å². The molecule has 108 valence electrons. The second-order valence-corrected chi connectivity index (χ2v) is 6.94. The van der Waals surface area contributed by atoms with Crippen LogP contribution in [0.4, 0.5) is 0 Å². The maximum absolute atomic E-state index is 12.9. The molecule has 2 aliphatic rings. The van der Waals surface area contributed by atoms with Crippen LogP contribution < -0.4 is 0 Å². The summed E-state index contributed by atoms with van der Waals surface area (Å²) in [5, 5.41) is 0. The molecule has 0 aromatic carbocycles. The topological polar surface area (TPSA) is 44.8 Å². The van der Waals surface area contributed by atoms with Gasteiger partial charge in [-0.05, 0) is 44.8 Å². The first-order chi connectivity index (χ1) is 9.03. The van der Waals surface area contributed by atoms with E-state index in [1.54, 1.807) is 0 Å². The van der Waals surface area contributed by atoms with Gasteiger partial charge in [0.25, 0.3) is 0 Å². The van der Waals surface area contributed by atoms with Gasteiger partial charge in [-0.3, -0.25) is 4.57 Å². The molecule has 0 aromatic rings. The Morgan fingerprint density at radius 2 is 2.00 bits per heavy atom. The molecule has 3 atom stereocenters. The van der Waals surface area contributed by atoms with Gasteiger partial charge in [-0.1, -0.05) is 13.0 Å². The lowest BCUT2D eigenvalue weighted by molar-refractivity contribution is 0.0685. The molecule has 0 fully saturated rings. The molecule has 4 nitrogen and oxygen atoms in total. The highest BCUT2D eigenvalue weighted by Crippen LogP contribution is 2.61. The molecule has 1 aliphatic carbocycles. The van der Waals surface area contributed by atoms with Gasteiger partial charge in [0, 0.05) is 5.92 Å². The third kappa shape index (κ3) is 2.67. The molecule has 0 spiro atoms. The standard InChI is InChI=1S/C14H23O4P/c1-5-16-19(15,17-6-2)14-11(4)10(3)12-8-7-9-13(12)18-14/h7,9-10,12-13H,5-6,8H2,1-4H3/t10-,12-,13+/m1/s1. The van der Waals surface area contributed by atoms with Crippen molar-refractivity contribution in [3.05, 3.63) is 23.2 Å². The van der Waals surface area contributed by atoms with Gasteiger partial charge in [0.1, 0.15) is 6.10 Å². The Labute approximate surface area is 115 Å². The van der Waals surface area contributed by atoms with E-state index < -0.39 is 7.60 Å². The van der Waals surface area contributed by atoms with Gasteiger partial charge in [0.15, 0.2) is 0 Å². The molecule has 0 aromatic heterocycles. The Morgan fingerprint density at radius 3 is 2.58 bits per heavy atom. The SMILES string of the molecule is CCOP(=O)(OCC)C1=C(C)[C@@H](C)[C@H]2CC=C[C@@H]2O1. The van der Waals surface area contributed by atoms with E-state index >= 15 is 0 Å². The van der Waals surface area contributed by atoms with Crippen LogP contribution >= 0.6 is 7.60 Å². The lowest BCUT2D eigenvalue weighted by atomic mass is 9.84. The minimum atomic E-state index is -3.31. The predicted octanol–water partition coefficient (Wildman–Crippen LogP) is 4.10. The first kappa shape index (κ1) is 14.8. The summed E-state index contributed by atoms with van der Waals surface area (Å²) >= 11 is 0. The summed E-state index contributed by atoms with van der Waals surface area (Å²) in [6.07, 6.45) is 5.21. The van der Waals surface area contributed by atoms with Crippen molar-refractivity contribution >= 4 is 7.60 Å². The molecular formula is C14H23O4P. The van der Waals surface area contributed by atoms with Crippen molar-refractivity contribution in [3.8, 4) is 0 Å². The molecule has 2 rings (SSSR count). The summed E-state index contributed by atoms with van der Waals surface area (Å²) in [5.74, 6) is 0.776. The Hall–Kier alpha value is -0.570.